The van der Waals surface area contributed by atoms with Crippen LogP contribution in [-0.4, -0.2) is 9.55 Å². The molecule has 0 aromatic carbocycles. The van der Waals surface area contributed by atoms with Crippen molar-refractivity contribution in [3.05, 3.63) is 50.6 Å². The highest BCUT2D eigenvalue weighted by Crippen LogP contribution is 2.44. The van der Waals surface area contributed by atoms with Crippen molar-refractivity contribution in [2.24, 2.45) is 11.8 Å². The van der Waals surface area contributed by atoms with Gasteiger partial charge in [0.25, 0.3) is 0 Å². The summed E-state index contributed by atoms with van der Waals surface area (Å²) in [6, 6.07) is 0.606. The van der Waals surface area contributed by atoms with E-state index in [-0.39, 0.29) is 0 Å². The van der Waals surface area contributed by atoms with Crippen molar-refractivity contribution < 1.29 is 0 Å². The lowest BCUT2D eigenvalue weighted by molar-refractivity contribution is 0.261. The number of hydrogen-bond donors (Lipinski definition) is 0. The lowest BCUT2D eigenvalue weighted by Gasteiger charge is -2.37. The fourth-order valence-corrected chi connectivity index (χ4v) is 8.28. The maximum absolute atomic E-state index is 5.29. The zero-order valence-electron chi connectivity index (χ0n) is 21.6. The molecule has 0 amide bonds. The second-order valence-corrected chi connectivity index (χ2v) is 12.3. The monoisotopic (exact) mass is 444 g/mol. The Bertz CT molecular complexity index is 1050. The van der Waals surface area contributed by atoms with Crippen LogP contribution in [0.15, 0.2) is 0 Å². The van der Waals surface area contributed by atoms with E-state index in [4.69, 9.17) is 4.98 Å². The molecule has 0 spiro atoms. The molecule has 2 heterocycles. The molecule has 2 atom stereocenters. The normalized spacial score (nSPS) is 24.4. The molecule has 6 rings (SSSR count). The van der Waals surface area contributed by atoms with E-state index in [1.165, 1.54) is 101 Å². The minimum atomic E-state index is 0.606. The van der Waals surface area contributed by atoms with Crippen molar-refractivity contribution in [1.82, 2.24) is 9.55 Å². The van der Waals surface area contributed by atoms with Gasteiger partial charge in [0.2, 0.25) is 0 Å². The van der Waals surface area contributed by atoms with Gasteiger partial charge in [-0.2, -0.15) is 0 Å². The first-order chi connectivity index (χ1) is 16.0. The molecule has 2 nitrogen and oxygen atoms in total. The average Bonchev–Trinajstić information content (AvgIpc) is 3.15. The van der Waals surface area contributed by atoms with Crippen LogP contribution in [-0.2, 0) is 51.4 Å². The lowest BCUT2D eigenvalue weighted by Crippen LogP contribution is -2.30. The maximum Gasteiger partial charge on any atom is 0.0442 e. The summed E-state index contributed by atoms with van der Waals surface area (Å²) in [5, 5.41) is 0. The van der Waals surface area contributed by atoms with Gasteiger partial charge < -0.3 is 4.57 Å². The van der Waals surface area contributed by atoms with Gasteiger partial charge in [0.15, 0.2) is 0 Å². The highest BCUT2D eigenvalue weighted by molar-refractivity contribution is 5.46. The first-order valence-corrected chi connectivity index (χ1v) is 14.3. The van der Waals surface area contributed by atoms with E-state index < -0.39 is 0 Å². The number of aryl methyl sites for hydroxylation is 2. The molecule has 4 aliphatic carbocycles. The number of nitrogens with zero attached hydrogens (tertiary/aromatic N) is 2. The van der Waals surface area contributed by atoms with Crippen LogP contribution >= 0.6 is 0 Å². The molecule has 0 bridgehead atoms. The second-order valence-electron chi connectivity index (χ2n) is 12.3. The van der Waals surface area contributed by atoms with Gasteiger partial charge in [-0.3, -0.25) is 4.98 Å². The van der Waals surface area contributed by atoms with Gasteiger partial charge in [-0.05, 0) is 149 Å². The SMILES string of the molecule is CC(C)c1c2c(nc3c1CC(C1CCc4c5c(n(C(C)C)c4C1)CCCC5)CC3)CCCC2. The summed E-state index contributed by atoms with van der Waals surface area (Å²) in [4.78, 5) is 5.29. The lowest BCUT2D eigenvalue weighted by atomic mass is 9.69. The molecule has 0 fully saturated rings. The van der Waals surface area contributed by atoms with Crippen molar-refractivity contribution in [2.75, 3.05) is 0 Å². The minimum absolute atomic E-state index is 0.606. The van der Waals surface area contributed by atoms with E-state index in [9.17, 15) is 0 Å². The van der Waals surface area contributed by atoms with Gasteiger partial charge >= 0.3 is 0 Å². The molecule has 0 aliphatic heterocycles. The standard InChI is InChI=1S/C31H44N2/c1-19(2)31-25-10-5-7-11-27(25)32-28-16-14-21(17-26(28)31)22-13-15-24-23-9-6-8-12-29(23)33(20(3)4)30(24)18-22/h19-22H,5-18H2,1-4H3. The molecule has 0 radical (unpaired) electrons. The third-order valence-corrected chi connectivity index (χ3v) is 9.64. The van der Waals surface area contributed by atoms with E-state index in [1.54, 1.807) is 39.2 Å². The summed E-state index contributed by atoms with van der Waals surface area (Å²) in [6.07, 6.45) is 18.6. The zero-order chi connectivity index (χ0) is 22.7. The molecule has 178 valence electrons. The molecule has 33 heavy (non-hydrogen) atoms. The Hall–Kier alpha value is -1.57. The summed E-state index contributed by atoms with van der Waals surface area (Å²) >= 11 is 0. The fourth-order valence-electron chi connectivity index (χ4n) is 8.28. The predicted molar refractivity (Wildman–Crippen MR) is 137 cm³/mol. The van der Waals surface area contributed by atoms with Crippen LogP contribution in [0.25, 0.3) is 0 Å². The average molecular weight is 445 g/mol. The highest BCUT2D eigenvalue weighted by atomic mass is 15.0. The zero-order valence-corrected chi connectivity index (χ0v) is 21.6. The first-order valence-electron chi connectivity index (χ1n) is 14.3. The molecule has 0 N–H and O–H groups in total. The number of fused-ring (bicyclic) bond motifs is 5. The highest BCUT2D eigenvalue weighted by Gasteiger charge is 2.36. The summed E-state index contributed by atoms with van der Waals surface area (Å²) in [7, 11) is 0. The second kappa shape index (κ2) is 8.58. The first kappa shape index (κ1) is 21.9. The third kappa shape index (κ3) is 3.62. The van der Waals surface area contributed by atoms with E-state index in [2.05, 4.69) is 32.3 Å². The van der Waals surface area contributed by atoms with Crippen molar-refractivity contribution in [2.45, 2.75) is 130 Å². The van der Waals surface area contributed by atoms with E-state index >= 15 is 0 Å². The van der Waals surface area contributed by atoms with Crippen LogP contribution in [0.1, 0.15) is 129 Å². The number of rotatable bonds is 3. The van der Waals surface area contributed by atoms with Crippen LogP contribution in [0.4, 0.5) is 0 Å². The van der Waals surface area contributed by atoms with Crippen molar-refractivity contribution in [3.63, 3.8) is 0 Å². The van der Waals surface area contributed by atoms with Crippen LogP contribution in [0.2, 0.25) is 0 Å². The molecular formula is C31H44N2. The molecular weight excluding hydrogens is 400 g/mol. The quantitative estimate of drug-likeness (QED) is 0.487. The smallest absolute Gasteiger partial charge is 0.0442 e. The Labute approximate surface area is 201 Å². The molecule has 0 saturated carbocycles. The molecule has 0 saturated heterocycles. The number of pyridine rings is 1. The molecule has 2 heteroatoms. The van der Waals surface area contributed by atoms with E-state index in [0.29, 0.717) is 12.0 Å². The Morgan fingerprint density at radius 1 is 0.636 bits per heavy atom. The van der Waals surface area contributed by atoms with Gasteiger partial charge in [0.05, 0.1) is 0 Å². The molecule has 2 unspecified atom stereocenters. The summed E-state index contributed by atoms with van der Waals surface area (Å²) in [6.45, 7) is 9.70. The summed E-state index contributed by atoms with van der Waals surface area (Å²) in [5.74, 6) is 2.34. The van der Waals surface area contributed by atoms with Gasteiger partial charge in [-0.25, -0.2) is 0 Å². The molecule has 2 aromatic rings. The minimum Gasteiger partial charge on any atom is -0.346 e. The predicted octanol–water partition coefficient (Wildman–Crippen LogP) is 7.26. The molecule has 2 aromatic heterocycles. The third-order valence-electron chi connectivity index (χ3n) is 9.64. The van der Waals surface area contributed by atoms with Crippen molar-refractivity contribution in [3.8, 4) is 0 Å². The molecule has 4 aliphatic rings. The van der Waals surface area contributed by atoms with E-state index in [1.807, 2.05) is 0 Å². The Morgan fingerprint density at radius 3 is 2.06 bits per heavy atom. The number of hydrogen-bond acceptors (Lipinski definition) is 1. The van der Waals surface area contributed by atoms with Crippen molar-refractivity contribution >= 4 is 0 Å². The Morgan fingerprint density at radius 2 is 1.27 bits per heavy atom. The largest absolute Gasteiger partial charge is 0.346 e. The van der Waals surface area contributed by atoms with Gasteiger partial charge in [-0.15, -0.1) is 0 Å². The summed E-state index contributed by atoms with van der Waals surface area (Å²) in [5.41, 5.74) is 15.0. The summed E-state index contributed by atoms with van der Waals surface area (Å²) < 4.78 is 2.80. The van der Waals surface area contributed by atoms with Crippen LogP contribution in [0, 0.1) is 11.8 Å². The topological polar surface area (TPSA) is 17.8 Å². The Balaban J connectivity index is 1.32. The van der Waals surface area contributed by atoms with E-state index in [0.717, 1.165) is 11.8 Å². The Kier molecular flexibility index (Phi) is 5.70. The van der Waals surface area contributed by atoms with Gasteiger partial charge in [-0.1, -0.05) is 13.8 Å². The van der Waals surface area contributed by atoms with Crippen LogP contribution in [0.5, 0.6) is 0 Å². The van der Waals surface area contributed by atoms with Crippen molar-refractivity contribution in [1.29, 1.82) is 0 Å². The fraction of sp³-hybridized carbons (Fsp3) is 0.710. The van der Waals surface area contributed by atoms with Gasteiger partial charge in [0.1, 0.15) is 0 Å². The van der Waals surface area contributed by atoms with Gasteiger partial charge in [0, 0.05) is 28.8 Å². The maximum atomic E-state index is 5.29. The van der Waals surface area contributed by atoms with Crippen LogP contribution < -0.4 is 0 Å². The number of aromatic nitrogens is 2. The van der Waals surface area contributed by atoms with Crippen LogP contribution in [0.3, 0.4) is 0 Å².